The zero-order valence-electron chi connectivity index (χ0n) is 7.86. The molecule has 0 bridgehead atoms. The summed E-state index contributed by atoms with van der Waals surface area (Å²) >= 11 is 2.87. The third-order valence-corrected chi connectivity index (χ3v) is 2.17. The summed E-state index contributed by atoms with van der Waals surface area (Å²) in [5, 5.41) is 8.93. The molecule has 1 fully saturated rings. The van der Waals surface area contributed by atoms with Gasteiger partial charge < -0.3 is 14.7 Å². The van der Waals surface area contributed by atoms with Crippen molar-refractivity contribution in [2.75, 3.05) is 19.7 Å². The summed E-state index contributed by atoms with van der Waals surface area (Å²) in [5.41, 5.74) is 0. The summed E-state index contributed by atoms with van der Waals surface area (Å²) in [6, 6.07) is 0. The van der Waals surface area contributed by atoms with E-state index in [1.165, 1.54) is 0 Å². The number of carbonyl (C=O) groups is 1. The molecule has 2 atom stereocenters. The molecular weight excluding hydrogens is 250 g/mol. The highest BCUT2D eigenvalue weighted by atomic mass is 79.9. The summed E-state index contributed by atoms with van der Waals surface area (Å²) in [7, 11) is 0. The molecule has 5 heteroatoms. The van der Waals surface area contributed by atoms with Gasteiger partial charge in [0.2, 0.25) is 0 Å². The number of aliphatic hydroxyl groups is 1. The van der Waals surface area contributed by atoms with Crippen LogP contribution in [0.2, 0.25) is 0 Å². The minimum Gasteiger partial charge on any atom is -0.394 e. The first kappa shape index (κ1) is 11.5. The van der Waals surface area contributed by atoms with Gasteiger partial charge in [0.15, 0.2) is 0 Å². The van der Waals surface area contributed by atoms with Crippen LogP contribution in [-0.4, -0.2) is 47.8 Å². The Kier molecular flexibility index (Phi) is 4.39. The molecule has 1 heterocycles. The van der Waals surface area contributed by atoms with E-state index in [1.54, 1.807) is 4.90 Å². The number of rotatable bonds is 1. The predicted molar refractivity (Wildman–Crippen MR) is 54.7 cm³/mol. The molecular formula is C9H12BrNO3. The molecule has 0 aromatic heterocycles. The first-order valence-electron chi connectivity index (χ1n) is 4.34. The molecule has 78 valence electrons. The molecule has 1 amide bonds. The lowest BCUT2D eigenvalue weighted by Crippen LogP contribution is -2.50. The lowest BCUT2D eigenvalue weighted by molar-refractivity contribution is -0.141. The first-order valence-corrected chi connectivity index (χ1v) is 5.13. The third kappa shape index (κ3) is 2.98. The van der Waals surface area contributed by atoms with Crippen LogP contribution < -0.4 is 0 Å². The van der Waals surface area contributed by atoms with Crippen LogP contribution in [-0.2, 0) is 9.53 Å². The van der Waals surface area contributed by atoms with Gasteiger partial charge in [0.05, 0.1) is 25.4 Å². The van der Waals surface area contributed by atoms with Crippen LogP contribution in [0.3, 0.4) is 0 Å². The Morgan fingerprint density at radius 2 is 2.43 bits per heavy atom. The summed E-state index contributed by atoms with van der Waals surface area (Å²) in [6.45, 7) is 2.72. The highest BCUT2D eigenvalue weighted by Crippen LogP contribution is 2.10. The zero-order valence-corrected chi connectivity index (χ0v) is 9.45. The third-order valence-electron chi connectivity index (χ3n) is 1.97. The fourth-order valence-corrected chi connectivity index (χ4v) is 1.60. The predicted octanol–water partition coefficient (Wildman–Crippen LogP) is -0.0496. The molecule has 0 spiro atoms. The Balaban J connectivity index is 2.59. The second kappa shape index (κ2) is 5.35. The van der Waals surface area contributed by atoms with Crippen molar-refractivity contribution in [3.63, 3.8) is 0 Å². The van der Waals surface area contributed by atoms with Gasteiger partial charge in [-0.15, -0.1) is 0 Å². The van der Waals surface area contributed by atoms with Gasteiger partial charge in [-0.05, 0) is 11.8 Å². The molecule has 0 aromatic carbocycles. The van der Waals surface area contributed by atoms with Gasteiger partial charge in [0.1, 0.15) is 0 Å². The van der Waals surface area contributed by atoms with Crippen LogP contribution >= 0.6 is 15.9 Å². The molecule has 1 saturated heterocycles. The van der Waals surface area contributed by atoms with Crippen LogP contribution in [0.15, 0.2) is 0 Å². The molecule has 0 aromatic rings. The van der Waals surface area contributed by atoms with Gasteiger partial charge >= 0.3 is 0 Å². The van der Waals surface area contributed by atoms with E-state index in [4.69, 9.17) is 9.84 Å². The van der Waals surface area contributed by atoms with Gasteiger partial charge in [-0.25, -0.2) is 0 Å². The van der Waals surface area contributed by atoms with Gasteiger partial charge in [-0.3, -0.25) is 4.79 Å². The van der Waals surface area contributed by atoms with Crippen LogP contribution in [0.25, 0.3) is 0 Å². The van der Waals surface area contributed by atoms with Crippen molar-refractivity contribution in [3.05, 3.63) is 0 Å². The maximum Gasteiger partial charge on any atom is 0.299 e. The van der Waals surface area contributed by atoms with E-state index >= 15 is 0 Å². The molecule has 4 nitrogen and oxygen atoms in total. The SMILES string of the molecule is CC1CN(C(=O)C#CBr)CC(CO)O1. The van der Waals surface area contributed by atoms with E-state index in [-0.39, 0.29) is 24.7 Å². The average molecular weight is 262 g/mol. The number of nitrogens with zero attached hydrogens (tertiary/aromatic N) is 1. The molecule has 1 aliphatic rings. The second-order valence-electron chi connectivity index (χ2n) is 3.18. The van der Waals surface area contributed by atoms with Crippen LogP contribution in [0.5, 0.6) is 0 Å². The highest BCUT2D eigenvalue weighted by Gasteiger charge is 2.26. The van der Waals surface area contributed by atoms with E-state index in [0.717, 1.165) is 0 Å². The van der Waals surface area contributed by atoms with E-state index in [9.17, 15) is 4.79 Å². The molecule has 1 aliphatic heterocycles. The fraction of sp³-hybridized carbons (Fsp3) is 0.667. The Morgan fingerprint density at radius 1 is 1.71 bits per heavy atom. The number of aliphatic hydroxyl groups excluding tert-OH is 1. The first-order chi connectivity index (χ1) is 6.67. The largest absolute Gasteiger partial charge is 0.394 e. The Bertz CT molecular complexity index is 271. The smallest absolute Gasteiger partial charge is 0.299 e. The Morgan fingerprint density at radius 3 is 3.00 bits per heavy atom. The van der Waals surface area contributed by atoms with Crippen molar-refractivity contribution in [2.45, 2.75) is 19.1 Å². The van der Waals surface area contributed by atoms with Gasteiger partial charge in [-0.2, -0.15) is 0 Å². The second-order valence-corrected chi connectivity index (χ2v) is 3.58. The molecule has 0 saturated carbocycles. The van der Waals surface area contributed by atoms with Crippen molar-refractivity contribution in [1.82, 2.24) is 4.90 Å². The fourth-order valence-electron chi connectivity index (χ4n) is 1.43. The number of hydrogen-bond donors (Lipinski definition) is 1. The molecule has 0 aliphatic carbocycles. The van der Waals surface area contributed by atoms with Gasteiger partial charge in [-0.1, -0.05) is 0 Å². The monoisotopic (exact) mass is 261 g/mol. The molecule has 2 unspecified atom stereocenters. The minimum atomic E-state index is -0.292. The summed E-state index contributed by atoms with van der Waals surface area (Å²) in [6.07, 6.45) is -0.346. The standard InChI is InChI=1S/C9H12BrNO3/c1-7-4-11(9(13)2-3-10)5-8(6-12)14-7/h7-8,12H,4-6H2,1H3. The van der Waals surface area contributed by atoms with Crippen LogP contribution in [0.1, 0.15) is 6.92 Å². The highest BCUT2D eigenvalue weighted by molar-refractivity contribution is 9.12. The average Bonchev–Trinajstić information content (AvgIpc) is 2.17. The van der Waals surface area contributed by atoms with E-state index < -0.39 is 0 Å². The lowest BCUT2D eigenvalue weighted by atomic mass is 10.2. The quantitative estimate of drug-likeness (QED) is 0.674. The zero-order chi connectivity index (χ0) is 10.6. The number of carbonyl (C=O) groups excluding carboxylic acids is 1. The number of hydrogen-bond acceptors (Lipinski definition) is 3. The van der Waals surface area contributed by atoms with E-state index in [1.807, 2.05) is 6.92 Å². The molecule has 1 rings (SSSR count). The number of halogens is 1. The van der Waals surface area contributed by atoms with Crippen LogP contribution in [0.4, 0.5) is 0 Å². The van der Waals surface area contributed by atoms with Crippen molar-refractivity contribution in [1.29, 1.82) is 0 Å². The topological polar surface area (TPSA) is 49.8 Å². The Labute approximate surface area is 91.3 Å². The summed E-state index contributed by atoms with van der Waals surface area (Å²) in [4.78, 5) is 15.4. The van der Waals surface area contributed by atoms with Gasteiger partial charge in [0.25, 0.3) is 5.91 Å². The lowest BCUT2D eigenvalue weighted by Gasteiger charge is -2.34. The molecule has 1 N–H and O–H groups in total. The summed E-state index contributed by atoms with van der Waals surface area (Å²) < 4.78 is 5.39. The van der Waals surface area contributed by atoms with Crippen molar-refractivity contribution < 1.29 is 14.6 Å². The number of amides is 1. The minimum absolute atomic E-state index is 0.0537. The number of morpholine rings is 1. The van der Waals surface area contributed by atoms with E-state index in [2.05, 4.69) is 26.7 Å². The van der Waals surface area contributed by atoms with Crippen molar-refractivity contribution in [2.24, 2.45) is 0 Å². The van der Waals surface area contributed by atoms with Crippen LogP contribution in [0, 0.1) is 10.8 Å². The summed E-state index contributed by atoms with van der Waals surface area (Å²) in [5.74, 6) is 2.16. The Hall–Kier alpha value is -0.570. The maximum absolute atomic E-state index is 11.4. The maximum atomic E-state index is 11.4. The molecule has 14 heavy (non-hydrogen) atoms. The van der Waals surface area contributed by atoms with E-state index in [0.29, 0.717) is 13.1 Å². The molecule has 0 radical (unpaired) electrons. The van der Waals surface area contributed by atoms with Crippen molar-refractivity contribution in [3.8, 4) is 10.8 Å². The van der Waals surface area contributed by atoms with Gasteiger partial charge in [0, 0.05) is 28.4 Å². The number of ether oxygens (including phenoxy) is 1. The van der Waals surface area contributed by atoms with Crippen molar-refractivity contribution >= 4 is 21.8 Å². The normalized spacial score (nSPS) is 26.6.